The van der Waals surface area contributed by atoms with E-state index in [-0.39, 0.29) is 0 Å². The van der Waals surface area contributed by atoms with Gasteiger partial charge in [-0.25, -0.2) is 0 Å². The number of hydrogen-bond donors (Lipinski definition) is 2. The first kappa shape index (κ1) is 15.9. The molecule has 0 saturated heterocycles. The number of aliphatic hydroxyl groups excluding tert-OH is 2. The molecule has 2 N–H and O–H groups in total. The zero-order chi connectivity index (χ0) is 15.2. The maximum absolute atomic E-state index is 10.2. The zero-order valence-electron chi connectivity index (χ0n) is 12.2. The van der Waals surface area contributed by atoms with Crippen molar-refractivity contribution in [1.29, 1.82) is 0 Å². The lowest BCUT2D eigenvalue weighted by Gasteiger charge is -2.12. The van der Waals surface area contributed by atoms with E-state index in [0.717, 1.165) is 21.8 Å². The van der Waals surface area contributed by atoms with E-state index in [1.54, 1.807) is 25.8 Å². The Morgan fingerprint density at radius 1 is 1.05 bits per heavy atom. The van der Waals surface area contributed by atoms with Crippen LogP contribution in [0.2, 0.25) is 0 Å². The van der Waals surface area contributed by atoms with E-state index >= 15 is 0 Å². The Morgan fingerprint density at radius 3 is 2.38 bits per heavy atom. The van der Waals surface area contributed by atoms with E-state index in [4.69, 9.17) is 4.74 Å². The van der Waals surface area contributed by atoms with E-state index in [9.17, 15) is 10.2 Å². The molecule has 2 unspecified atom stereocenters. The molecule has 0 aliphatic heterocycles. The molecule has 112 valence electrons. The van der Waals surface area contributed by atoms with Crippen LogP contribution in [0.1, 0.15) is 30.3 Å². The topological polar surface area (TPSA) is 49.7 Å². The van der Waals surface area contributed by atoms with Crippen molar-refractivity contribution in [3.05, 3.63) is 59.7 Å². The molecule has 2 aromatic rings. The molecule has 2 aromatic carbocycles. The maximum atomic E-state index is 10.2. The van der Waals surface area contributed by atoms with E-state index in [2.05, 4.69) is 0 Å². The van der Waals surface area contributed by atoms with Crippen LogP contribution in [-0.4, -0.2) is 23.1 Å². The van der Waals surface area contributed by atoms with Crippen LogP contribution >= 0.6 is 11.8 Å². The minimum atomic E-state index is -0.540. The Bertz CT molecular complexity index is 567. The molecule has 0 heterocycles. The summed E-state index contributed by atoms with van der Waals surface area (Å²) in [6.45, 7) is 1.74. The number of benzene rings is 2. The van der Waals surface area contributed by atoms with Gasteiger partial charge >= 0.3 is 0 Å². The van der Waals surface area contributed by atoms with Gasteiger partial charge in [-0.3, -0.25) is 0 Å². The SMILES string of the molecule is COc1cccc(C(O)CSc2ccc(C(C)O)cc2)c1. The molecule has 0 aliphatic carbocycles. The third-order valence-corrected chi connectivity index (χ3v) is 4.34. The maximum Gasteiger partial charge on any atom is 0.119 e. The molecule has 2 rings (SSSR count). The van der Waals surface area contributed by atoms with E-state index < -0.39 is 12.2 Å². The molecule has 0 aromatic heterocycles. The molecular formula is C17H20O3S. The standard InChI is InChI=1S/C17H20O3S/c1-12(18)13-6-8-16(9-7-13)21-11-17(19)14-4-3-5-15(10-14)20-2/h3-10,12,17-19H,11H2,1-2H3. The Kier molecular flexibility index (Phi) is 5.67. The van der Waals surface area contributed by atoms with Gasteiger partial charge < -0.3 is 14.9 Å². The first-order chi connectivity index (χ1) is 10.1. The Labute approximate surface area is 129 Å². The van der Waals surface area contributed by atoms with Crippen LogP contribution in [0.3, 0.4) is 0 Å². The highest BCUT2D eigenvalue weighted by Gasteiger charge is 2.09. The Balaban J connectivity index is 1.95. The molecule has 0 amide bonds. The van der Waals surface area contributed by atoms with Crippen LogP contribution < -0.4 is 4.74 Å². The number of aliphatic hydroxyl groups is 2. The molecule has 4 heteroatoms. The Morgan fingerprint density at radius 2 is 1.76 bits per heavy atom. The smallest absolute Gasteiger partial charge is 0.119 e. The van der Waals surface area contributed by atoms with Crippen molar-refractivity contribution in [3.63, 3.8) is 0 Å². The van der Waals surface area contributed by atoms with Crippen LogP contribution in [0.4, 0.5) is 0 Å². The summed E-state index contributed by atoms with van der Waals surface area (Å²) >= 11 is 1.58. The van der Waals surface area contributed by atoms with Gasteiger partial charge in [-0.15, -0.1) is 11.8 Å². The highest BCUT2D eigenvalue weighted by Crippen LogP contribution is 2.27. The van der Waals surface area contributed by atoms with Gasteiger partial charge in [0.1, 0.15) is 5.75 Å². The Hall–Kier alpha value is -1.49. The molecule has 3 nitrogen and oxygen atoms in total. The van der Waals surface area contributed by atoms with Crippen molar-refractivity contribution >= 4 is 11.8 Å². The van der Waals surface area contributed by atoms with Crippen LogP contribution in [0, 0.1) is 0 Å². The van der Waals surface area contributed by atoms with Crippen molar-refractivity contribution < 1.29 is 14.9 Å². The molecule has 0 saturated carbocycles. The predicted octanol–water partition coefficient (Wildman–Crippen LogP) is 3.57. The highest BCUT2D eigenvalue weighted by molar-refractivity contribution is 7.99. The zero-order valence-corrected chi connectivity index (χ0v) is 13.0. The fraction of sp³-hybridized carbons (Fsp3) is 0.294. The van der Waals surface area contributed by atoms with Crippen LogP contribution in [-0.2, 0) is 0 Å². The monoisotopic (exact) mass is 304 g/mol. The second-order valence-electron chi connectivity index (χ2n) is 4.85. The summed E-state index contributed by atoms with van der Waals surface area (Å²) in [6, 6.07) is 15.2. The highest BCUT2D eigenvalue weighted by atomic mass is 32.2. The summed E-state index contributed by atoms with van der Waals surface area (Å²) in [7, 11) is 1.62. The normalized spacial score (nSPS) is 13.7. The van der Waals surface area contributed by atoms with Crippen LogP contribution in [0.5, 0.6) is 5.75 Å². The van der Waals surface area contributed by atoms with Crippen molar-refractivity contribution in [2.45, 2.75) is 24.0 Å². The van der Waals surface area contributed by atoms with Crippen LogP contribution in [0.25, 0.3) is 0 Å². The summed E-state index contributed by atoms with van der Waals surface area (Å²) in [4.78, 5) is 1.07. The molecule has 0 aliphatic rings. The van der Waals surface area contributed by atoms with Crippen molar-refractivity contribution in [3.8, 4) is 5.75 Å². The van der Waals surface area contributed by atoms with Crippen molar-refractivity contribution in [2.75, 3.05) is 12.9 Å². The van der Waals surface area contributed by atoms with E-state index in [1.165, 1.54) is 0 Å². The number of rotatable bonds is 6. The quantitative estimate of drug-likeness (QED) is 0.801. The third-order valence-electron chi connectivity index (χ3n) is 3.25. The summed E-state index contributed by atoms with van der Waals surface area (Å²) in [6.07, 6.45) is -0.993. The molecule has 21 heavy (non-hydrogen) atoms. The second kappa shape index (κ2) is 7.50. The molecular weight excluding hydrogens is 284 g/mol. The van der Waals surface area contributed by atoms with Gasteiger partial charge in [0, 0.05) is 10.6 Å². The van der Waals surface area contributed by atoms with Gasteiger partial charge in [-0.1, -0.05) is 24.3 Å². The fourth-order valence-electron chi connectivity index (χ4n) is 1.96. The van der Waals surface area contributed by atoms with Gasteiger partial charge in [0.15, 0.2) is 0 Å². The average Bonchev–Trinajstić information content (AvgIpc) is 2.53. The summed E-state index contributed by atoms with van der Waals surface area (Å²) < 4.78 is 5.16. The van der Waals surface area contributed by atoms with E-state index in [0.29, 0.717) is 5.75 Å². The van der Waals surface area contributed by atoms with Gasteiger partial charge in [-0.2, -0.15) is 0 Å². The predicted molar refractivity (Wildman–Crippen MR) is 85.8 cm³/mol. The summed E-state index contributed by atoms with van der Waals surface area (Å²) in [5.41, 5.74) is 1.75. The summed E-state index contributed by atoms with van der Waals surface area (Å²) in [5.74, 6) is 1.32. The molecule has 0 radical (unpaired) electrons. The third kappa shape index (κ3) is 4.49. The van der Waals surface area contributed by atoms with Crippen molar-refractivity contribution in [1.82, 2.24) is 0 Å². The largest absolute Gasteiger partial charge is 0.497 e. The van der Waals surface area contributed by atoms with Crippen molar-refractivity contribution in [2.24, 2.45) is 0 Å². The lowest BCUT2D eigenvalue weighted by molar-refractivity contribution is 0.199. The lowest BCUT2D eigenvalue weighted by atomic mass is 10.1. The molecule has 0 bridgehead atoms. The summed E-state index contributed by atoms with van der Waals surface area (Å²) in [5, 5.41) is 19.7. The van der Waals surface area contributed by atoms with Gasteiger partial charge in [-0.05, 0) is 42.3 Å². The first-order valence-electron chi connectivity index (χ1n) is 6.83. The minimum Gasteiger partial charge on any atom is -0.497 e. The van der Waals surface area contributed by atoms with Gasteiger partial charge in [0.05, 0.1) is 19.3 Å². The number of thioether (sulfide) groups is 1. The van der Waals surface area contributed by atoms with Gasteiger partial charge in [0.2, 0.25) is 0 Å². The first-order valence-corrected chi connectivity index (χ1v) is 7.81. The second-order valence-corrected chi connectivity index (χ2v) is 5.94. The van der Waals surface area contributed by atoms with Crippen LogP contribution in [0.15, 0.2) is 53.4 Å². The minimum absolute atomic E-state index is 0.452. The number of methoxy groups -OCH3 is 1. The van der Waals surface area contributed by atoms with Gasteiger partial charge in [0.25, 0.3) is 0 Å². The fourth-order valence-corrected chi connectivity index (χ4v) is 2.83. The average molecular weight is 304 g/mol. The number of hydrogen-bond acceptors (Lipinski definition) is 4. The molecule has 2 atom stereocenters. The van der Waals surface area contributed by atoms with E-state index in [1.807, 2.05) is 48.5 Å². The number of ether oxygens (including phenoxy) is 1. The molecule has 0 spiro atoms. The molecule has 0 fully saturated rings. The lowest BCUT2D eigenvalue weighted by Crippen LogP contribution is -2.01.